The van der Waals surface area contributed by atoms with Crippen LogP contribution in [0.15, 0.2) is 60.8 Å². The molecule has 1 aliphatic rings. The van der Waals surface area contributed by atoms with Crippen molar-refractivity contribution in [2.45, 2.75) is 6.10 Å². The van der Waals surface area contributed by atoms with Gasteiger partial charge in [0.2, 0.25) is 0 Å². The van der Waals surface area contributed by atoms with E-state index in [1.165, 1.54) is 0 Å². The van der Waals surface area contributed by atoms with Crippen LogP contribution in [0.5, 0.6) is 0 Å². The number of nitrogens with zero attached hydrogens (tertiary/aromatic N) is 3. The van der Waals surface area contributed by atoms with Crippen LogP contribution in [0, 0.1) is 0 Å². The number of rotatable bonds is 2. The summed E-state index contributed by atoms with van der Waals surface area (Å²) in [4.78, 5) is 23.4. The first-order valence-corrected chi connectivity index (χ1v) is 7.99. The fraction of sp³-hybridized carbons (Fsp3) is 0.211. The summed E-state index contributed by atoms with van der Waals surface area (Å²) in [7, 11) is 0. The Labute approximate surface area is 139 Å². The standard InChI is InChI=1S/C19H17N3O2/c23-19(17-12-20-15-8-4-5-9-16(15)21-17)22-10-11-24-18(13-22)14-6-2-1-3-7-14/h1-9,12,18H,10-11,13H2/t18-/m1/s1. The monoisotopic (exact) mass is 319 g/mol. The quantitative estimate of drug-likeness (QED) is 0.729. The molecular weight excluding hydrogens is 302 g/mol. The highest BCUT2D eigenvalue weighted by Crippen LogP contribution is 2.23. The molecule has 1 atom stereocenters. The van der Waals surface area contributed by atoms with Gasteiger partial charge in [-0.05, 0) is 17.7 Å². The van der Waals surface area contributed by atoms with Gasteiger partial charge >= 0.3 is 0 Å². The molecule has 2 aromatic carbocycles. The molecule has 0 spiro atoms. The largest absolute Gasteiger partial charge is 0.370 e. The Morgan fingerprint density at radius 2 is 1.79 bits per heavy atom. The van der Waals surface area contributed by atoms with Gasteiger partial charge in [-0.25, -0.2) is 4.98 Å². The van der Waals surface area contributed by atoms with Crippen LogP contribution >= 0.6 is 0 Å². The number of amides is 1. The first-order valence-electron chi connectivity index (χ1n) is 7.99. The molecule has 0 saturated carbocycles. The third-order valence-corrected chi connectivity index (χ3v) is 4.19. The SMILES string of the molecule is O=C(c1cnc2ccccc2n1)N1CCO[C@@H](c2ccccc2)C1. The van der Waals surface area contributed by atoms with Crippen molar-refractivity contribution in [2.24, 2.45) is 0 Å². The molecule has 4 rings (SSSR count). The number of hydrogen-bond donors (Lipinski definition) is 0. The van der Waals surface area contributed by atoms with E-state index in [0.29, 0.717) is 25.4 Å². The molecule has 1 aromatic heterocycles. The van der Waals surface area contributed by atoms with Gasteiger partial charge in [-0.1, -0.05) is 42.5 Å². The Kier molecular flexibility index (Phi) is 3.92. The van der Waals surface area contributed by atoms with E-state index >= 15 is 0 Å². The number of ether oxygens (including phenoxy) is 1. The van der Waals surface area contributed by atoms with Crippen molar-refractivity contribution >= 4 is 16.9 Å². The lowest BCUT2D eigenvalue weighted by Crippen LogP contribution is -2.42. The number of aromatic nitrogens is 2. The molecule has 5 nitrogen and oxygen atoms in total. The Hall–Kier alpha value is -2.79. The summed E-state index contributed by atoms with van der Waals surface area (Å²) in [6.45, 7) is 1.61. The van der Waals surface area contributed by atoms with Crippen molar-refractivity contribution in [2.75, 3.05) is 19.7 Å². The first kappa shape index (κ1) is 14.8. The Morgan fingerprint density at radius 3 is 2.62 bits per heavy atom. The van der Waals surface area contributed by atoms with Crippen LogP contribution in [0.3, 0.4) is 0 Å². The lowest BCUT2D eigenvalue weighted by molar-refractivity contribution is -0.0230. The zero-order valence-electron chi connectivity index (χ0n) is 13.1. The normalized spacial score (nSPS) is 17.8. The molecule has 5 heteroatoms. The van der Waals surface area contributed by atoms with Gasteiger partial charge in [0.25, 0.3) is 5.91 Å². The maximum Gasteiger partial charge on any atom is 0.274 e. The van der Waals surface area contributed by atoms with E-state index in [-0.39, 0.29) is 12.0 Å². The highest BCUT2D eigenvalue weighted by atomic mass is 16.5. The molecule has 1 aliphatic heterocycles. The van der Waals surface area contributed by atoms with Crippen LogP contribution in [0.4, 0.5) is 0 Å². The van der Waals surface area contributed by atoms with Crippen LogP contribution in [-0.2, 0) is 4.74 Å². The van der Waals surface area contributed by atoms with Gasteiger partial charge < -0.3 is 9.64 Å². The van der Waals surface area contributed by atoms with E-state index in [4.69, 9.17) is 4.74 Å². The van der Waals surface area contributed by atoms with Gasteiger partial charge in [0.15, 0.2) is 0 Å². The van der Waals surface area contributed by atoms with Crippen LogP contribution in [0.1, 0.15) is 22.2 Å². The average Bonchev–Trinajstić information content (AvgIpc) is 2.68. The van der Waals surface area contributed by atoms with Crippen LogP contribution < -0.4 is 0 Å². The second kappa shape index (κ2) is 6.37. The van der Waals surface area contributed by atoms with Gasteiger partial charge in [0.05, 0.1) is 30.4 Å². The van der Waals surface area contributed by atoms with Crippen LogP contribution in [0.2, 0.25) is 0 Å². The minimum Gasteiger partial charge on any atom is -0.370 e. The number of carbonyl (C=O) groups excluding carboxylic acids is 1. The summed E-state index contributed by atoms with van der Waals surface area (Å²) < 4.78 is 5.82. The first-order chi connectivity index (χ1) is 11.8. The van der Waals surface area contributed by atoms with Crippen molar-refractivity contribution in [3.8, 4) is 0 Å². The third-order valence-electron chi connectivity index (χ3n) is 4.19. The Balaban J connectivity index is 1.56. The lowest BCUT2D eigenvalue weighted by Gasteiger charge is -2.33. The van der Waals surface area contributed by atoms with Gasteiger partial charge in [0, 0.05) is 6.54 Å². The molecule has 0 N–H and O–H groups in total. The predicted molar refractivity (Wildman–Crippen MR) is 90.6 cm³/mol. The van der Waals surface area contributed by atoms with E-state index in [0.717, 1.165) is 16.6 Å². The molecule has 1 saturated heterocycles. The Morgan fingerprint density at radius 1 is 1.04 bits per heavy atom. The van der Waals surface area contributed by atoms with Gasteiger partial charge in [-0.15, -0.1) is 0 Å². The third kappa shape index (κ3) is 2.86. The van der Waals surface area contributed by atoms with E-state index < -0.39 is 0 Å². The summed E-state index contributed by atoms with van der Waals surface area (Å²) in [6.07, 6.45) is 1.45. The summed E-state index contributed by atoms with van der Waals surface area (Å²) in [5, 5.41) is 0. The molecule has 0 radical (unpaired) electrons. The average molecular weight is 319 g/mol. The molecule has 3 aromatic rings. The molecule has 2 heterocycles. The van der Waals surface area contributed by atoms with Gasteiger partial charge in [0.1, 0.15) is 11.8 Å². The summed E-state index contributed by atoms with van der Waals surface area (Å²) in [5.74, 6) is -0.0996. The minimum atomic E-state index is -0.0997. The van der Waals surface area contributed by atoms with Crippen molar-refractivity contribution in [1.82, 2.24) is 14.9 Å². The van der Waals surface area contributed by atoms with Crippen molar-refractivity contribution in [1.29, 1.82) is 0 Å². The van der Waals surface area contributed by atoms with E-state index in [1.54, 1.807) is 11.1 Å². The fourth-order valence-corrected chi connectivity index (χ4v) is 2.93. The van der Waals surface area contributed by atoms with Crippen LogP contribution in [-0.4, -0.2) is 40.5 Å². The topological polar surface area (TPSA) is 55.3 Å². The highest BCUT2D eigenvalue weighted by molar-refractivity contribution is 5.93. The minimum absolute atomic E-state index is 0.0996. The molecule has 0 bridgehead atoms. The Bertz CT molecular complexity index is 867. The lowest BCUT2D eigenvalue weighted by atomic mass is 10.1. The molecular formula is C19H17N3O2. The van der Waals surface area contributed by atoms with Crippen molar-refractivity contribution in [3.63, 3.8) is 0 Å². The molecule has 120 valence electrons. The highest BCUT2D eigenvalue weighted by Gasteiger charge is 2.27. The molecule has 0 unspecified atom stereocenters. The van der Waals surface area contributed by atoms with E-state index in [9.17, 15) is 4.79 Å². The molecule has 0 aliphatic carbocycles. The number of hydrogen-bond acceptors (Lipinski definition) is 4. The summed E-state index contributed by atoms with van der Waals surface area (Å²) in [5.41, 5.74) is 2.98. The molecule has 1 fully saturated rings. The van der Waals surface area contributed by atoms with E-state index in [1.807, 2.05) is 54.6 Å². The van der Waals surface area contributed by atoms with Crippen LogP contribution in [0.25, 0.3) is 11.0 Å². The smallest absolute Gasteiger partial charge is 0.274 e. The zero-order chi connectivity index (χ0) is 16.4. The van der Waals surface area contributed by atoms with Crippen molar-refractivity contribution in [3.05, 3.63) is 72.1 Å². The second-order valence-corrected chi connectivity index (χ2v) is 5.77. The summed E-state index contributed by atoms with van der Waals surface area (Å²) in [6, 6.07) is 17.5. The number of benzene rings is 2. The number of fused-ring (bicyclic) bond motifs is 1. The van der Waals surface area contributed by atoms with Crippen molar-refractivity contribution < 1.29 is 9.53 Å². The number of carbonyl (C=O) groups is 1. The predicted octanol–water partition coefficient (Wildman–Crippen LogP) is 2.84. The van der Waals surface area contributed by atoms with E-state index in [2.05, 4.69) is 9.97 Å². The number of morpholine rings is 1. The maximum atomic E-state index is 12.8. The summed E-state index contributed by atoms with van der Waals surface area (Å²) >= 11 is 0. The fourth-order valence-electron chi connectivity index (χ4n) is 2.93. The maximum absolute atomic E-state index is 12.8. The molecule has 24 heavy (non-hydrogen) atoms. The zero-order valence-corrected chi connectivity index (χ0v) is 13.1. The van der Waals surface area contributed by atoms with Gasteiger partial charge in [-0.3, -0.25) is 9.78 Å². The molecule has 1 amide bonds. The van der Waals surface area contributed by atoms with Gasteiger partial charge in [-0.2, -0.15) is 0 Å². The second-order valence-electron chi connectivity index (χ2n) is 5.77. The number of para-hydroxylation sites is 2.